The summed E-state index contributed by atoms with van der Waals surface area (Å²) < 4.78 is 27.3. The molecule has 0 unspecified atom stereocenters. The van der Waals surface area contributed by atoms with Gasteiger partial charge < -0.3 is 4.90 Å². The minimum Gasteiger partial charge on any atom is -0.347 e. The van der Waals surface area contributed by atoms with Crippen LogP contribution < -0.4 is 4.90 Å². The lowest BCUT2D eigenvalue weighted by Gasteiger charge is -2.25. The molecule has 1 aromatic heterocycles. The molecule has 0 fully saturated rings. The molecule has 3 nitrogen and oxygen atoms in total. The van der Waals surface area contributed by atoms with Gasteiger partial charge in [-0.25, -0.2) is 18.7 Å². The van der Waals surface area contributed by atoms with Gasteiger partial charge in [-0.3, -0.25) is 0 Å². The summed E-state index contributed by atoms with van der Waals surface area (Å²) in [5.74, 6) is 0.550. The van der Waals surface area contributed by atoms with Crippen LogP contribution in [0.25, 0.3) is 10.9 Å². The van der Waals surface area contributed by atoms with E-state index in [9.17, 15) is 8.78 Å². The van der Waals surface area contributed by atoms with Gasteiger partial charge in [0.15, 0.2) is 0 Å². The fraction of sp³-hybridized carbons (Fsp3) is 0.333. The van der Waals surface area contributed by atoms with E-state index in [0.717, 1.165) is 0 Å². The van der Waals surface area contributed by atoms with Gasteiger partial charge in [0.1, 0.15) is 24.3 Å². The summed E-state index contributed by atoms with van der Waals surface area (Å²) in [6, 6.07) is 3.46. The lowest BCUT2D eigenvalue weighted by atomic mass is 9.82. The van der Waals surface area contributed by atoms with Crippen molar-refractivity contribution < 1.29 is 8.78 Å². The summed E-state index contributed by atoms with van der Waals surface area (Å²) in [4.78, 5) is 10.1. The van der Waals surface area contributed by atoms with Crippen molar-refractivity contribution in [1.82, 2.24) is 9.97 Å². The van der Waals surface area contributed by atoms with E-state index in [0.29, 0.717) is 33.7 Å². The van der Waals surface area contributed by atoms with E-state index in [-0.39, 0.29) is 5.15 Å². The standard InChI is InChI=1S/C15H14ClF2N3/c1-8-15(6-17,7-18)11-4-10-12(5-13(11)21(8)3)19-9(2)20-14(10)16/h4-5H,1,6-7H2,2-3H3. The summed E-state index contributed by atoms with van der Waals surface area (Å²) in [6.45, 7) is 3.89. The molecule has 2 heterocycles. The second-order valence-electron chi connectivity index (χ2n) is 5.30. The van der Waals surface area contributed by atoms with Crippen molar-refractivity contribution in [3.05, 3.63) is 40.9 Å². The first-order valence-electron chi connectivity index (χ1n) is 6.48. The van der Waals surface area contributed by atoms with E-state index in [1.165, 1.54) is 0 Å². The SMILES string of the molecule is C=C1N(C)c2cc3nc(C)nc(Cl)c3cc2C1(CF)CF. The number of allylic oxidation sites excluding steroid dienone is 1. The Balaban J connectivity index is 2.38. The van der Waals surface area contributed by atoms with Crippen molar-refractivity contribution in [1.29, 1.82) is 0 Å². The number of alkyl halides is 2. The van der Waals surface area contributed by atoms with Gasteiger partial charge in [-0.1, -0.05) is 18.2 Å². The summed E-state index contributed by atoms with van der Waals surface area (Å²) in [5.41, 5.74) is 0.962. The molecule has 0 atom stereocenters. The Morgan fingerprint density at radius 3 is 2.57 bits per heavy atom. The minimum atomic E-state index is -1.34. The monoisotopic (exact) mass is 309 g/mol. The van der Waals surface area contributed by atoms with Gasteiger partial charge in [0, 0.05) is 23.8 Å². The molecule has 0 bridgehead atoms. The van der Waals surface area contributed by atoms with Crippen molar-refractivity contribution in [3.8, 4) is 0 Å². The molecule has 1 aliphatic heterocycles. The molecular weight excluding hydrogens is 296 g/mol. The molecule has 1 aliphatic rings. The Labute approximate surface area is 126 Å². The number of hydrogen-bond donors (Lipinski definition) is 0. The predicted octanol–water partition coefficient (Wildman–Crippen LogP) is 3.73. The minimum absolute atomic E-state index is 0.284. The highest BCUT2D eigenvalue weighted by Gasteiger charge is 2.46. The number of likely N-dealkylation sites (N-methyl/N-ethyl adjacent to an activating group) is 1. The van der Waals surface area contributed by atoms with Crippen LogP contribution in [-0.4, -0.2) is 30.4 Å². The van der Waals surface area contributed by atoms with E-state index in [4.69, 9.17) is 11.6 Å². The predicted molar refractivity (Wildman–Crippen MR) is 80.5 cm³/mol. The van der Waals surface area contributed by atoms with Crippen molar-refractivity contribution >= 4 is 28.2 Å². The Bertz CT molecular complexity index is 756. The Morgan fingerprint density at radius 2 is 1.95 bits per heavy atom. The van der Waals surface area contributed by atoms with Gasteiger partial charge in [0.2, 0.25) is 0 Å². The highest BCUT2D eigenvalue weighted by molar-refractivity contribution is 6.34. The average Bonchev–Trinajstić information content (AvgIpc) is 2.66. The largest absolute Gasteiger partial charge is 0.347 e. The molecule has 2 aromatic rings. The molecule has 0 saturated carbocycles. The van der Waals surface area contributed by atoms with Crippen LogP contribution in [0.1, 0.15) is 11.4 Å². The summed E-state index contributed by atoms with van der Waals surface area (Å²) in [6.07, 6.45) is 0. The molecule has 1 aromatic carbocycles. The van der Waals surface area contributed by atoms with Gasteiger partial charge >= 0.3 is 0 Å². The van der Waals surface area contributed by atoms with Gasteiger partial charge in [0.05, 0.1) is 10.9 Å². The van der Waals surface area contributed by atoms with E-state index >= 15 is 0 Å². The number of anilines is 1. The van der Waals surface area contributed by atoms with Crippen LogP contribution in [0.15, 0.2) is 24.4 Å². The van der Waals surface area contributed by atoms with Crippen molar-refractivity contribution in [2.45, 2.75) is 12.3 Å². The number of aromatic nitrogens is 2. The number of fused-ring (bicyclic) bond motifs is 2. The van der Waals surface area contributed by atoms with Crippen molar-refractivity contribution in [3.63, 3.8) is 0 Å². The fourth-order valence-electron chi connectivity index (χ4n) is 2.85. The summed E-state index contributed by atoms with van der Waals surface area (Å²) in [5, 5.41) is 0.877. The maximum Gasteiger partial charge on any atom is 0.140 e. The molecule has 0 amide bonds. The van der Waals surface area contributed by atoms with Gasteiger partial charge in [0.25, 0.3) is 0 Å². The zero-order chi connectivity index (χ0) is 15.4. The summed E-state index contributed by atoms with van der Waals surface area (Å²) >= 11 is 6.14. The van der Waals surface area contributed by atoms with E-state index < -0.39 is 18.8 Å². The third kappa shape index (κ3) is 1.77. The number of nitrogens with zero attached hydrogens (tertiary/aromatic N) is 3. The second kappa shape index (κ2) is 4.63. The number of benzene rings is 1. The zero-order valence-electron chi connectivity index (χ0n) is 11.8. The average molecular weight is 310 g/mol. The van der Waals surface area contributed by atoms with Crippen molar-refractivity contribution in [2.24, 2.45) is 0 Å². The molecular formula is C15H14ClF2N3. The maximum absolute atomic E-state index is 13.6. The highest BCUT2D eigenvalue weighted by atomic mass is 35.5. The first-order valence-corrected chi connectivity index (χ1v) is 6.86. The molecule has 110 valence electrons. The normalized spacial score (nSPS) is 16.6. The van der Waals surface area contributed by atoms with Crippen LogP contribution in [0.2, 0.25) is 5.15 Å². The molecule has 0 radical (unpaired) electrons. The molecule has 0 aliphatic carbocycles. The lowest BCUT2D eigenvalue weighted by Crippen LogP contribution is -2.33. The Hall–Kier alpha value is -1.75. The number of hydrogen-bond acceptors (Lipinski definition) is 3. The van der Waals surface area contributed by atoms with Crippen LogP contribution in [0, 0.1) is 6.92 Å². The Morgan fingerprint density at radius 1 is 1.29 bits per heavy atom. The van der Waals surface area contributed by atoms with Crippen LogP contribution in [-0.2, 0) is 5.41 Å². The lowest BCUT2D eigenvalue weighted by molar-refractivity contribution is 0.280. The molecule has 0 N–H and O–H groups in total. The van der Waals surface area contributed by atoms with E-state index in [1.54, 1.807) is 31.0 Å². The zero-order valence-corrected chi connectivity index (χ0v) is 12.5. The number of aryl methyl sites for hydroxylation is 1. The fourth-order valence-corrected chi connectivity index (χ4v) is 3.13. The number of rotatable bonds is 2. The van der Waals surface area contributed by atoms with Crippen LogP contribution in [0.5, 0.6) is 0 Å². The van der Waals surface area contributed by atoms with E-state index in [1.807, 2.05) is 0 Å². The first-order chi connectivity index (χ1) is 9.94. The maximum atomic E-state index is 13.6. The van der Waals surface area contributed by atoms with Gasteiger partial charge in [-0.2, -0.15) is 0 Å². The molecule has 0 saturated heterocycles. The molecule has 3 rings (SSSR count). The molecule has 6 heteroatoms. The molecule has 21 heavy (non-hydrogen) atoms. The van der Waals surface area contributed by atoms with E-state index in [2.05, 4.69) is 16.5 Å². The topological polar surface area (TPSA) is 29.0 Å². The smallest absolute Gasteiger partial charge is 0.140 e. The molecule has 0 spiro atoms. The number of halogens is 3. The third-order valence-electron chi connectivity index (χ3n) is 4.17. The van der Waals surface area contributed by atoms with Crippen LogP contribution in [0.3, 0.4) is 0 Å². The Kier molecular flexibility index (Phi) is 3.13. The first kappa shape index (κ1) is 14.2. The third-order valence-corrected chi connectivity index (χ3v) is 4.46. The summed E-state index contributed by atoms with van der Waals surface area (Å²) in [7, 11) is 1.75. The van der Waals surface area contributed by atoms with Gasteiger partial charge in [-0.15, -0.1) is 0 Å². The van der Waals surface area contributed by atoms with Crippen LogP contribution in [0.4, 0.5) is 14.5 Å². The van der Waals surface area contributed by atoms with Crippen molar-refractivity contribution in [2.75, 3.05) is 25.3 Å². The quantitative estimate of drug-likeness (QED) is 0.792. The highest BCUT2D eigenvalue weighted by Crippen LogP contribution is 2.48. The second-order valence-corrected chi connectivity index (χ2v) is 5.66. The van der Waals surface area contributed by atoms with Gasteiger partial charge in [-0.05, 0) is 24.6 Å². The van der Waals surface area contributed by atoms with Crippen LogP contribution >= 0.6 is 11.6 Å².